The molecule has 0 amide bonds. The maximum atomic E-state index is 11.8. The molecule has 0 aliphatic rings. The van der Waals surface area contributed by atoms with Gasteiger partial charge in [0.15, 0.2) is 5.43 Å². The first-order valence-corrected chi connectivity index (χ1v) is 6.04. The zero-order chi connectivity index (χ0) is 13.2. The van der Waals surface area contributed by atoms with Gasteiger partial charge in [-0.3, -0.25) is 4.79 Å². The Kier molecular flexibility index (Phi) is 2.80. The molecule has 3 nitrogen and oxygen atoms in total. The Morgan fingerprint density at radius 3 is 2.68 bits per heavy atom. The summed E-state index contributed by atoms with van der Waals surface area (Å²) in [5.74, 6) is 0.792. The van der Waals surface area contributed by atoms with E-state index in [1.165, 1.54) is 0 Å². The van der Waals surface area contributed by atoms with Crippen molar-refractivity contribution in [2.45, 2.75) is 0 Å². The van der Waals surface area contributed by atoms with Gasteiger partial charge >= 0.3 is 0 Å². The maximum absolute atomic E-state index is 11.8. The Hall–Kier alpha value is -2.55. The molecule has 1 heterocycles. The third-order valence-corrected chi connectivity index (χ3v) is 3.14. The molecule has 0 saturated carbocycles. The minimum atomic E-state index is 0.0368. The van der Waals surface area contributed by atoms with Gasteiger partial charge < -0.3 is 9.30 Å². The molecule has 19 heavy (non-hydrogen) atoms. The number of benzene rings is 2. The van der Waals surface area contributed by atoms with E-state index >= 15 is 0 Å². The monoisotopic (exact) mass is 251 g/mol. The third-order valence-electron chi connectivity index (χ3n) is 3.14. The number of fused-ring (bicyclic) bond motifs is 1. The van der Waals surface area contributed by atoms with Crippen molar-refractivity contribution in [1.82, 2.24) is 4.57 Å². The van der Waals surface area contributed by atoms with Crippen LogP contribution in [0.4, 0.5) is 0 Å². The Balaban J connectivity index is 2.31. The molecule has 94 valence electrons. The summed E-state index contributed by atoms with van der Waals surface area (Å²) >= 11 is 0. The normalized spacial score (nSPS) is 10.6. The van der Waals surface area contributed by atoms with Gasteiger partial charge in [0.2, 0.25) is 0 Å². The molecule has 3 rings (SSSR count). The lowest BCUT2D eigenvalue weighted by Crippen LogP contribution is -2.06. The average molecular weight is 251 g/mol. The van der Waals surface area contributed by atoms with E-state index in [0.29, 0.717) is 5.39 Å². The van der Waals surface area contributed by atoms with Crippen LogP contribution in [0.3, 0.4) is 0 Å². The van der Waals surface area contributed by atoms with E-state index in [-0.39, 0.29) is 5.43 Å². The highest BCUT2D eigenvalue weighted by Crippen LogP contribution is 2.20. The second kappa shape index (κ2) is 4.61. The van der Waals surface area contributed by atoms with E-state index in [0.717, 1.165) is 17.0 Å². The topological polar surface area (TPSA) is 31.2 Å². The van der Waals surface area contributed by atoms with Gasteiger partial charge in [0, 0.05) is 29.4 Å². The lowest BCUT2D eigenvalue weighted by atomic mass is 10.2. The van der Waals surface area contributed by atoms with Crippen LogP contribution in [0.2, 0.25) is 0 Å². The van der Waals surface area contributed by atoms with Crippen molar-refractivity contribution < 1.29 is 4.74 Å². The summed E-state index contributed by atoms with van der Waals surface area (Å²) in [6, 6.07) is 16.9. The van der Waals surface area contributed by atoms with Crippen LogP contribution in [0.15, 0.2) is 65.6 Å². The molecule has 0 N–H and O–H groups in total. The van der Waals surface area contributed by atoms with E-state index in [4.69, 9.17) is 4.74 Å². The van der Waals surface area contributed by atoms with Gasteiger partial charge in [-0.1, -0.05) is 18.2 Å². The van der Waals surface area contributed by atoms with E-state index in [9.17, 15) is 4.79 Å². The van der Waals surface area contributed by atoms with E-state index in [2.05, 4.69) is 0 Å². The number of nitrogens with zero attached hydrogens (tertiary/aromatic N) is 1. The number of para-hydroxylation sites is 1. The molecule has 2 aromatic carbocycles. The van der Waals surface area contributed by atoms with Gasteiger partial charge in [-0.05, 0) is 24.3 Å². The highest BCUT2D eigenvalue weighted by Gasteiger charge is 2.04. The molecule has 0 bridgehead atoms. The Morgan fingerprint density at radius 2 is 1.84 bits per heavy atom. The van der Waals surface area contributed by atoms with Crippen LogP contribution in [-0.4, -0.2) is 11.7 Å². The van der Waals surface area contributed by atoms with Crippen LogP contribution in [-0.2, 0) is 0 Å². The molecular formula is C16H13NO2. The van der Waals surface area contributed by atoms with Crippen LogP contribution >= 0.6 is 0 Å². The minimum absolute atomic E-state index is 0.0368. The van der Waals surface area contributed by atoms with E-state index < -0.39 is 0 Å². The van der Waals surface area contributed by atoms with Gasteiger partial charge in [-0.15, -0.1) is 0 Å². The molecule has 0 aliphatic heterocycles. The van der Waals surface area contributed by atoms with E-state index in [1.54, 1.807) is 19.4 Å². The van der Waals surface area contributed by atoms with Gasteiger partial charge in [-0.25, -0.2) is 0 Å². The molecule has 3 aromatic rings. The van der Waals surface area contributed by atoms with Gasteiger partial charge in [0.25, 0.3) is 0 Å². The van der Waals surface area contributed by atoms with Crippen molar-refractivity contribution in [3.05, 3.63) is 71.0 Å². The predicted molar refractivity (Wildman–Crippen MR) is 76.1 cm³/mol. The van der Waals surface area contributed by atoms with Crippen molar-refractivity contribution >= 4 is 10.9 Å². The van der Waals surface area contributed by atoms with Crippen molar-refractivity contribution in [2.24, 2.45) is 0 Å². The molecule has 0 radical (unpaired) electrons. The molecule has 3 heteroatoms. The van der Waals surface area contributed by atoms with Crippen LogP contribution in [0, 0.1) is 0 Å². The molecule has 0 atom stereocenters. The van der Waals surface area contributed by atoms with E-state index in [1.807, 2.05) is 53.1 Å². The highest BCUT2D eigenvalue weighted by atomic mass is 16.5. The second-order valence-electron chi connectivity index (χ2n) is 4.27. The molecule has 0 fully saturated rings. The zero-order valence-electron chi connectivity index (χ0n) is 10.5. The summed E-state index contributed by atoms with van der Waals surface area (Å²) in [7, 11) is 1.64. The third kappa shape index (κ3) is 1.99. The van der Waals surface area contributed by atoms with Crippen LogP contribution in [0.1, 0.15) is 0 Å². The van der Waals surface area contributed by atoms with Crippen LogP contribution in [0.25, 0.3) is 16.6 Å². The summed E-state index contributed by atoms with van der Waals surface area (Å²) in [5, 5.41) is 0.716. The Morgan fingerprint density at radius 1 is 1.00 bits per heavy atom. The number of rotatable bonds is 2. The first-order chi connectivity index (χ1) is 9.29. The van der Waals surface area contributed by atoms with Gasteiger partial charge in [0.05, 0.1) is 12.6 Å². The van der Waals surface area contributed by atoms with Crippen molar-refractivity contribution in [2.75, 3.05) is 7.11 Å². The Labute approximate surface area is 110 Å². The fourth-order valence-electron chi connectivity index (χ4n) is 2.19. The lowest BCUT2D eigenvalue weighted by molar-refractivity contribution is 0.414. The second-order valence-corrected chi connectivity index (χ2v) is 4.27. The molecule has 0 aliphatic carbocycles. The summed E-state index contributed by atoms with van der Waals surface area (Å²) in [4.78, 5) is 11.8. The van der Waals surface area contributed by atoms with Crippen molar-refractivity contribution in [3.63, 3.8) is 0 Å². The lowest BCUT2D eigenvalue weighted by Gasteiger charge is -2.11. The Bertz CT molecular complexity index is 790. The zero-order valence-corrected chi connectivity index (χ0v) is 10.5. The number of ether oxygens (including phenoxy) is 1. The minimum Gasteiger partial charge on any atom is -0.497 e. The number of aromatic nitrogens is 1. The highest BCUT2D eigenvalue weighted by molar-refractivity contribution is 5.80. The number of hydrogen-bond donors (Lipinski definition) is 0. The molecule has 0 spiro atoms. The predicted octanol–water partition coefficient (Wildman–Crippen LogP) is 3.00. The first kappa shape index (κ1) is 11.5. The molecule has 1 aromatic heterocycles. The largest absolute Gasteiger partial charge is 0.497 e. The van der Waals surface area contributed by atoms with Crippen LogP contribution < -0.4 is 10.2 Å². The van der Waals surface area contributed by atoms with Crippen molar-refractivity contribution in [1.29, 1.82) is 0 Å². The number of methoxy groups -OCH3 is 1. The summed E-state index contributed by atoms with van der Waals surface area (Å²) in [5.41, 5.74) is 1.90. The number of hydrogen-bond acceptors (Lipinski definition) is 2. The molecular weight excluding hydrogens is 238 g/mol. The summed E-state index contributed by atoms with van der Waals surface area (Å²) in [6.07, 6.45) is 1.79. The maximum Gasteiger partial charge on any atom is 0.189 e. The average Bonchev–Trinajstić information content (AvgIpc) is 2.48. The fraction of sp³-hybridized carbons (Fsp3) is 0.0625. The molecule has 0 saturated heterocycles. The van der Waals surface area contributed by atoms with Gasteiger partial charge in [-0.2, -0.15) is 0 Å². The van der Waals surface area contributed by atoms with Crippen molar-refractivity contribution in [3.8, 4) is 11.4 Å². The number of pyridine rings is 1. The first-order valence-electron chi connectivity index (χ1n) is 6.04. The SMILES string of the molecule is COc1cccc(-n2ccc(=O)c3ccccc32)c1. The fourth-order valence-corrected chi connectivity index (χ4v) is 2.19. The summed E-state index contributed by atoms with van der Waals surface area (Å²) < 4.78 is 7.22. The van der Waals surface area contributed by atoms with Gasteiger partial charge in [0.1, 0.15) is 5.75 Å². The smallest absolute Gasteiger partial charge is 0.189 e. The van der Waals surface area contributed by atoms with Crippen LogP contribution in [0.5, 0.6) is 5.75 Å². The summed E-state index contributed by atoms with van der Waals surface area (Å²) in [6.45, 7) is 0. The quantitative estimate of drug-likeness (QED) is 0.701. The molecule has 0 unspecified atom stereocenters. The standard InChI is InChI=1S/C16H13NO2/c1-19-13-6-4-5-12(11-13)17-10-9-16(18)14-7-2-3-8-15(14)17/h2-11H,1H3.